The number of nitrogens with one attached hydrogen (secondary N) is 1. The van der Waals surface area contributed by atoms with E-state index in [-0.39, 0.29) is 5.91 Å². The van der Waals surface area contributed by atoms with Crippen molar-refractivity contribution in [3.8, 4) is 11.1 Å². The first-order valence-corrected chi connectivity index (χ1v) is 6.31. The molecule has 2 aromatic carbocycles. The Bertz CT molecular complexity index is 649. The van der Waals surface area contributed by atoms with Gasteiger partial charge in [0.25, 0.3) is 0 Å². The second-order valence-electron chi connectivity index (χ2n) is 4.60. The first kappa shape index (κ1) is 11.4. The van der Waals surface area contributed by atoms with Crippen molar-refractivity contribution in [3.63, 3.8) is 0 Å². The number of carbonyl (C=O) groups excluding carboxylic acids is 1. The molecule has 0 radical (unpaired) electrons. The molecule has 0 spiro atoms. The summed E-state index contributed by atoms with van der Waals surface area (Å²) >= 11 is 4.38. The molecule has 0 aromatic heterocycles. The fourth-order valence-corrected chi connectivity index (χ4v) is 2.52. The molecule has 1 heterocycles. The lowest BCUT2D eigenvalue weighted by atomic mass is 9.98. The Hall–Kier alpha value is -1.74. The highest BCUT2D eigenvalue weighted by Crippen LogP contribution is 2.31. The summed E-state index contributed by atoms with van der Waals surface area (Å²) in [4.78, 5) is 12.3. The lowest BCUT2D eigenvalue weighted by Gasteiger charge is -2.08. The summed E-state index contributed by atoms with van der Waals surface area (Å²) in [7, 11) is 0. The summed E-state index contributed by atoms with van der Waals surface area (Å²) in [6.07, 6.45) is 0.475. The van der Waals surface area contributed by atoms with Crippen LogP contribution in [0.5, 0.6) is 0 Å². The van der Waals surface area contributed by atoms with E-state index in [0.29, 0.717) is 6.42 Å². The van der Waals surface area contributed by atoms with E-state index in [9.17, 15) is 4.79 Å². The Balaban J connectivity index is 2.11. The predicted octanol–water partition coefficient (Wildman–Crippen LogP) is 3.45. The minimum absolute atomic E-state index is 0.0711. The molecule has 1 amide bonds. The Labute approximate surface area is 111 Å². The molecule has 2 aromatic rings. The molecule has 90 valence electrons. The molecular weight excluding hydrogens is 242 g/mol. The number of carbonyl (C=O) groups is 1. The molecule has 0 bridgehead atoms. The largest absolute Gasteiger partial charge is 0.326 e. The van der Waals surface area contributed by atoms with Crippen molar-refractivity contribution in [1.82, 2.24) is 0 Å². The molecule has 1 aliphatic rings. The maximum Gasteiger partial charge on any atom is 0.228 e. The van der Waals surface area contributed by atoms with Crippen LogP contribution < -0.4 is 5.32 Å². The van der Waals surface area contributed by atoms with Gasteiger partial charge in [-0.1, -0.05) is 12.1 Å². The summed E-state index contributed by atoms with van der Waals surface area (Å²) in [6, 6.07) is 12.2. The fourth-order valence-electron chi connectivity index (χ4n) is 2.32. The van der Waals surface area contributed by atoms with E-state index in [4.69, 9.17) is 0 Å². The number of rotatable bonds is 1. The van der Waals surface area contributed by atoms with Gasteiger partial charge in [0.1, 0.15) is 0 Å². The van der Waals surface area contributed by atoms with Crippen molar-refractivity contribution in [2.75, 3.05) is 5.32 Å². The second kappa shape index (κ2) is 4.18. The molecule has 0 aliphatic carbocycles. The molecule has 18 heavy (non-hydrogen) atoms. The third-order valence-corrected chi connectivity index (χ3v) is 3.54. The zero-order chi connectivity index (χ0) is 12.7. The van der Waals surface area contributed by atoms with Crippen molar-refractivity contribution in [3.05, 3.63) is 47.5 Å². The van der Waals surface area contributed by atoms with Crippen LogP contribution in [0, 0.1) is 6.92 Å². The van der Waals surface area contributed by atoms with E-state index in [2.05, 4.69) is 43.1 Å². The smallest absolute Gasteiger partial charge is 0.228 e. The van der Waals surface area contributed by atoms with E-state index in [1.165, 1.54) is 11.1 Å². The summed E-state index contributed by atoms with van der Waals surface area (Å²) in [5.41, 5.74) is 5.53. The van der Waals surface area contributed by atoms with Gasteiger partial charge < -0.3 is 5.32 Å². The van der Waals surface area contributed by atoms with Crippen molar-refractivity contribution >= 4 is 24.2 Å². The Morgan fingerprint density at radius 2 is 2.00 bits per heavy atom. The summed E-state index contributed by atoms with van der Waals surface area (Å²) in [5.74, 6) is 0.0711. The van der Waals surface area contributed by atoms with Crippen LogP contribution in [0.3, 0.4) is 0 Å². The summed E-state index contributed by atoms with van der Waals surface area (Å²) in [6.45, 7) is 2.08. The number of anilines is 1. The quantitative estimate of drug-likeness (QED) is 0.751. The van der Waals surface area contributed by atoms with Gasteiger partial charge in [-0.25, -0.2) is 0 Å². The van der Waals surface area contributed by atoms with Crippen LogP contribution in [0.4, 0.5) is 5.69 Å². The molecule has 0 unspecified atom stereocenters. The van der Waals surface area contributed by atoms with Gasteiger partial charge in [0.2, 0.25) is 5.91 Å². The molecule has 3 rings (SSSR count). The van der Waals surface area contributed by atoms with Crippen LogP contribution in [0.25, 0.3) is 11.1 Å². The van der Waals surface area contributed by atoms with Crippen LogP contribution in [-0.4, -0.2) is 5.91 Å². The highest BCUT2D eigenvalue weighted by atomic mass is 32.1. The lowest BCUT2D eigenvalue weighted by Crippen LogP contribution is -2.03. The monoisotopic (exact) mass is 255 g/mol. The minimum Gasteiger partial charge on any atom is -0.326 e. The highest BCUT2D eigenvalue weighted by Gasteiger charge is 2.18. The van der Waals surface area contributed by atoms with Gasteiger partial charge in [0.05, 0.1) is 6.42 Å². The molecule has 1 N–H and O–H groups in total. The van der Waals surface area contributed by atoms with E-state index >= 15 is 0 Å². The van der Waals surface area contributed by atoms with Crippen LogP contribution in [0.1, 0.15) is 11.1 Å². The Morgan fingerprint density at radius 1 is 1.17 bits per heavy atom. The molecule has 0 saturated carbocycles. The minimum atomic E-state index is 0.0711. The van der Waals surface area contributed by atoms with Gasteiger partial charge in [-0.3, -0.25) is 4.79 Å². The van der Waals surface area contributed by atoms with E-state index in [0.717, 1.165) is 21.7 Å². The van der Waals surface area contributed by atoms with Gasteiger partial charge >= 0.3 is 0 Å². The molecule has 0 saturated heterocycles. The number of fused-ring (bicyclic) bond motifs is 1. The SMILES string of the molecule is Cc1ccc(S)cc1-c1ccc2c(c1)CC(=O)N2. The predicted molar refractivity (Wildman–Crippen MR) is 76.2 cm³/mol. The Kier molecular flexibility index (Phi) is 2.63. The highest BCUT2D eigenvalue weighted by molar-refractivity contribution is 7.80. The van der Waals surface area contributed by atoms with Gasteiger partial charge in [-0.2, -0.15) is 0 Å². The van der Waals surface area contributed by atoms with Gasteiger partial charge in [-0.05, 0) is 53.4 Å². The average molecular weight is 255 g/mol. The first-order valence-electron chi connectivity index (χ1n) is 5.86. The normalized spacial score (nSPS) is 13.3. The van der Waals surface area contributed by atoms with Crippen LogP contribution in [0.15, 0.2) is 41.3 Å². The zero-order valence-electron chi connectivity index (χ0n) is 10.0. The van der Waals surface area contributed by atoms with Crippen molar-refractivity contribution in [2.24, 2.45) is 0 Å². The average Bonchev–Trinajstić information content (AvgIpc) is 2.71. The van der Waals surface area contributed by atoms with Crippen LogP contribution in [0.2, 0.25) is 0 Å². The number of hydrogen-bond donors (Lipinski definition) is 2. The van der Waals surface area contributed by atoms with Gasteiger partial charge in [0, 0.05) is 10.6 Å². The van der Waals surface area contributed by atoms with Crippen LogP contribution in [-0.2, 0) is 11.2 Å². The molecule has 0 fully saturated rings. The number of hydrogen-bond acceptors (Lipinski definition) is 2. The maximum atomic E-state index is 11.3. The third-order valence-electron chi connectivity index (χ3n) is 3.26. The molecule has 3 heteroatoms. The standard InChI is InChI=1S/C15H13NOS/c1-9-2-4-12(18)8-13(9)10-3-5-14-11(6-10)7-15(17)16-14/h2-6,8,18H,7H2,1H3,(H,16,17). The summed E-state index contributed by atoms with van der Waals surface area (Å²) in [5, 5.41) is 2.85. The fraction of sp³-hybridized carbons (Fsp3) is 0.133. The van der Waals surface area contributed by atoms with Gasteiger partial charge in [0.15, 0.2) is 0 Å². The van der Waals surface area contributed by atoms with E-state index in [1.54, 1.807) is 0 Å². The summed E-state index contributed by atoms with van der Waals surface area (Å²) < 4.78 is 0. The van der Waals surface area contributed by atoms with E-state index in [1.807, 2.05) is 18.2 Å². The number of benzene rings is 2. The lowest BCUT2D eigenvalue weighted by molar-refractivity contribution is -0.115. The molecule has 0 atom stereocenters. The van der Waals surface area contributed by atoms with E-state index < -0.39 is 0 Å². The van der Waals surface area contributed by atoms with Crippen molar-refractivity contribution < 1.29 is 4.79 Å². The number of amides is 1. The number of thiol groups is 1. The topological polar surface area (TPSA) is 29.1 Å². The second-order valence-corrected chi connectivity index (χ2v) is 5.11. The van der Waals surface area contributed by atoms with Crippen molar-refractivity contribution in [2.45, 2.75) is 18.2 Å². The molecule has 2 nitrogen and oxygen atoms in total. The van der Waals surface area contributed by atoms with Gasteiger partial charge in [-0.15, -0.1) is 12.6 Å². The molecular formula is C15H13NOS. The maximum absolute atomic E-state index is 11.3. The third kappa shape index (κ3) is 1.91. The molecule has 1 aliphatic heterocycles. The zero-order valence-corrected chi connectivity index (χ0v) is 10.9. The van der Waals surface area contributed by atoms with Crippen LogP contribution >= 0.6 is 12.6 Å². The Morgan fingerprint density at radius 3 is 2.83 bits per heavy atom. The first-order chi connectivity index (χ1) is 8.63. The number of aryl methyl sites for hydroxylation is 1. The van der Waals surface area contributed by atoms with Crippen molar-refractivity contribution in [1.29, 1.82) is 0 Å².